The molecule has 3 heterocycles. The van der Waals surface area contributed by atoms with Crippen LogP contribution in [0.4, 0.5) is 0 Å². The second-order valence-corrected chi connectivity index (χ2v) is 14.0. The summed E-state index contributed by atoms with van der Waals surface area (Å²) in [5.74, 6) is 0. The number of nitriles is 2. The first-order chi connectivity index (χ1) is 27.2. The van der Waals surface area contributed by atoms with Crippen LogP contribution in [0.3, 0.4) is 0 Å². The molecule has 8 aromatic carbocycles. The van der Waals surface area contributed by atoms with Crippen molar-refractivity contribution in [1.29, 1.82) is 10.5 Å². The van der Waals surface area contributed by atoms with E-state index >= 15 is 0 Å². The second kappa shape index (κ2) is 11.8. The molecule has 0 spiro atoms. The lowest BCUT2D eigenvalue weighted by Gasteiger charge is -2.17. The summed E-state index contributed by atoms with van der Waals surface area (Å²) in [4.78, 5) is 0. The van der Waals surface area contributed by atoms with Crippen molar-refractivity contribution >= 4 is 65.4 Å². The molecule has 0 unspecified atom stereocenters. The molecule has 0 atom stereocenters. The molecule has 0 saturated heterocycles. The van der Waals surface area contributed by atoms with Gasteiger partial charge in [0, 0.05) is 43.6 Å². The van der Waals surface area contributed by atoms with Crippen LogP contribution in [0.5, 0.6) is 0 Å². The van der Waals surface area contributed by atoms with Crippen LogP contribution in [0.1, 0.15) is 11.1 Å². The number of para-hydroxylation sites is 6. The summed E-state index contributed by atoms with van der Waals surface area (Å²) in [5.41, 5.74) is 12.4. The number of benzene rings is 8. The van der Waals surface area contributed by atoms with Gasteiger partial charge in [0.05, 0.1) is 67.7 Å². The van der Waals surface area contributed by atoms with Crippen LogP contribution in [0.15, 0.2) is 176 Å². The van der Waals surface area contributed by atoms with E-state index < -0.39 is 0 Å². The van der Waals surface area contributed by atoms with E-state index in [-0.39, 0.29) is 0 Å². The predicted octanol–water partition coefficient (Wildman–Crippen LogP) is 12.4. The zero-order valence-electron chi connectivity index (χ0n) is 29.5. The van der Waals surface area contributed by atoms with Crippen LogP contribution in [0, 0.1) is 22.7 Å². The Hall–Kier alpha value is -7.86. The third-order valence-corrected chi connectivity index (χ3v) is 11.1. The molecule has 5 heteroatoms. The summed E-state index contributed by atoms with van der Waals surface area (Å²) in [6.07, 6.45) is 0. The van der Waals surface area contributed by atoms with Gasteiger partial charge in [-0.05, 0) is 72.3 Å². The van der Waals surface area contributed by atoms with Crippen molar-refractivity contribution in [2.75, 3.05) is 0 Å². The van der Waals surface area contributed by atoms with E-state index in [1.54, 1.807) is 0 Å². The lowest BCUT2D eigenvalue weighted by Crippen LogP contribution is -2.02. The summed E-state index contributed by atoms with van der Waals surface area (Å²) in [7, 11) is 0. The minimum atomic E-state index is 0.566. The Balaban J connectivity index is 1.22. The van der Waals surface area contributed by atoms with Crippen molar-refractivity contribution in [2.45, 2.75) is 0 Å². The minimum Gasteiger partial charge on any atom is -0.309 e. The Morgan fingerprint density at radius 3 is 1.58 bits per heavy atom. The number of fused-ring (bicyclic) bond motifs is 9. The molecular weight excluding hydrogens is 671 g/mol. The molecule has 0 saturated carbocycles. The molecule has 11 rings (SSSR count). The molecule has 0 aliphatic carbocycles. The molecule has 0 amide bonds. The van der Waals surface area contributed by atoms with Crippen LogP contribution in [0.2, 0.25) is 0 Å². The second-order valence-electron chi connectivity index (χ2n) is 14.0. The van der Waals surface area contributed by atoms with Crippen molar-refractivity contribution in [1.82, 2.24) is 13.7 Å². The van der Waals surface area contributed by atoms with Crippen molar-refractivity contribution < 1.29 is 0 Å². The van der Waals surface area contributed by atoms with E-state index in [1.165, 1.54) is 10.8 Å². The van der Waals surface area contributed by atoms with Crippen molar-refractivity contribution in [3.05, 3.63) is 187 Å². The number of hydrogen-bond acceptors (Lipinski definition) is 2. The van der Waals surface area contributed by atoms with Gasteiger partial charge in [-0.3, -0.25) is 0 Å². The summed E-state index contributed by atoms with van der Waals surface area (Å²) in [6, 6.07) is 65.9. The molecule has 5 nitrogen and oxygen atoms in total. The largest absolute Gasteiger partial charge is 0.309 e. The fourth-order valence-electron chi connectivity index (χ4n) is 8.88. The molecule has 0 N–H and O–H groups in total. The highest BCUT2D eigenvalue weighted by Gasteiger charge is 2.22. The monoisotopic (exact) mass is 699 g/mol. The first-order valence-corrected chi connectivity index (χ1v) is 18.3. The smallest absolute Gasteiger partial charge is 0.0998 e. The molecule has 11 aromatic rings. The van der Waals surface area contributed by atoms with E-state index in [2.05, 4.69) is 153 Å². The molecular formula is C50H29N5. The zero-order valence-corrected chi connectivity index (χ0v) is 29.5. The maximum atomic E-state index is 10.6. The number of aromatic nitrogens is 3. The predicted molar refractivity (Wildman–Crippen MR) is 224 cm³/mol. The fraction of sp³-hybridized carbons (Fsp3) is 0. The standard InChI is InChI=1S/C50H29N5/c51-30-32-27-34(36-14-1-6-20-42(36)54-46-24-10-5-18-41(46)49-33(31-52)13-11-25-47(49)54)29-35(28-32)53-43-21-7-4-17-39(43)40-19-12-26-48(50(40)53)55-44-22-8-2-15-37(44)38-16-3-9-23-45(38)55/h1-29H. The highest BCUT2D eigenvalue weighted by Crippen LogP contribution is 2.42. The lowest BCUT2D eigenvalue weighted by atomic mass is 10.00. The average Bonchev–Trinajstić information content (AvgIpc) is 3.89. The molecule has 3 aromatic heterocycles. The zero-order chi connectivity index (χ0) is 36.6. The van der Waals surface area contributed by atoms with Gasteiger partial charge in [-0.15, -0.1) is 0 Å². The van der Waals surface area contributed by atoms with Gasteiger partial charge < -0.3 is 13.7 Å². The Morgan fingerprint density at radius 1 is 0.382 bits per heavy atom. The molecule has 0 fully saturated rings. The molecule has 0 aliphatic rings. The van der Waals surface area contributed by atoms with Crippen molar-refractivity contribution in [3.8, 4) is 40.3 Å². The van der Waals surface area contributed by atoms with Gasteiger partial charge in [0.2, 0.25) is 0 Å². The molecule has 0 aliphatic heterocycles. The van der Waals surface area contributed by atoms with E-state index in [4.69, 9.17) is 0 Å². The van der Waals surface area contributed by atoms with Crippen LogP contribution in [-0.2, 0) is 0 Å². The van der Waals surface area contributed by atoms with Gasteiger partial charge in [-0.1, -0.05) is 109 Å². The average molecular weight is 700 g/mol. The molecule has 254 valence electrons. The van der Waals surface area contributed by atoms with E-state index in [0.29, 0.717) is 11.1 Å². The number of rotatable bonds is 4. The van der Waals surface area contributed by atoms with E-state index in [9.17, 15) is 10.5 Å². The Bertz CT molecular complexity index is 3420. The van der Waals surface area contributed by atoms with Crippen LogP contribution in [0.25, 0.3) is 93.6 Å². The highest BCUT2D eigenvalue weighted by atomic mass is 15.1. The SMILES string of the molecule is N#Cc1cc(-c2ccccc2-n2c3ccccc3c3c(C#N)cccc32)cc(-n2c3ccccc3c3cccc(-n4c5ccccc5c5ccccc54)c32)c1. The van der Waals surface area contributed by atoms with Crippen molar-refractivity contribution in [2.24, 2.45) is 0 Å². The molecule has 0 bridgehead atoms. The fourth-order valence-corrected chi connectivity index (χ4v) is 8.88. The van der Waals surface area contributed by atoms with Crippen LogP contribution in [-0.4, -0.2) is 13.7 Å². The summed E-state index contributed by atoms with van der Waals surface area (Å²) in [5, 5.41) is 27.4. The highest BCUT2D eigenvalue weighted by molar-refractivity contribution is 6.15. The third kappa shape index (κ3) is 4.39. The van der Waals surface area contributed by atoms with E-state index in [0.717, 1.165) is 82.8 Å². The van der Waals surface area contributed by atoms with Crippen LogP contribution >= 0.6 is 0 Å². The maximum Gasteiger partial charge on any atom is 0.0998 e. The normalized spacial score (nSPS) is 11.6. The molecule has 0 radical (unpaired) electrons. The van der Waals surface area contributed by atoms with Crippen molar-refractivity contribution in [3.63, 3.8) is 0 Å². The summed E-state index contributed by atoms with van der Waals surface area (Å²) in [6.45, 7) is 0. The first-order valence-electron chi connectivity index (χ1n) is 18.3. The number of hydrogen-bond donors (Lipinski definition) is 0. The van der Waals surface area contributed by atoms with Gasteiger partial charge in [0.25, 0.3) is 0 Å². The van der Waals surface area contributed by atoms with Gasteiger partial charge in [-0.2, -0.15) is 10.5 Å². The summed E-state index contributed by atoms with van der Waals surface area (Å²) >= 11 is 0. The quantitative estimate of drug-likeness (QED) is 0.184. The van der Waals surface area contributed by atoms with Crippen LogP contribution < -0.4 is 0 Å². The Labute approximate surface area is 316 Å². The van der Waals surface area contributed by atoms with E-state index in [1.807, 2.05) is 48.5 Å². The minimum absolute atomic E-state index is 0.566. The van der Waals surface area contributed by atoms with Gasteiger partial charge in [0.15, 0.2) is 0 Å². The Morgan fingerprint density at radius 2 is 0.891 bits per heavy atom. The van der Waals surface area contributed by atoms with Gasteiger partial charge in [-0.25, -0.2) is 0 Å². The maximum absolute atomic E-state index is 10.6. The third-order valence-electron chi connectivity index (χ3n) is 11.1. The van der Waals surface area contributed by atoms with Gasteiger partial charge in [0.1, 0.15) is 0 Å². The summed E-state index contributed by atoms with van der Waals surface area (Å²) < 4.78 is 6.96. The first kappa shape index (κ1) is 30.7. The lowest BCUT2D eigenvalue weighted by molar-refractivity contribution is 1.13. The number of nitrogens with zero attached hydrogens (tertiary/aromatic N) is 5. The topological polar surface area (TPSA) is 62.4 Å². The Kier molecular flexibility index (Phi) is 6.61. The van der Waals surface area contributed by atoms with Gasteiger partial charge >= 0.3 is 0 Å². The molecule has 55 heavy (non-hydrogen) atoms.